The van der Waals surface area contributed by atoms with Gasteiger partial charge in [-0.3, -0.25) is 0 Å². The first-order valence-corrected chi connectivity index (χ1v) is 11.0. The molecule has 0 bridgehead atoms. The van der Waals surface area contributed by atoms with Gasteiger partial charge in [0.1, 0.15) is 12.4 Å². The monoisotopic (exact) mass is 435 g/mol. The number of halogens is 1. The van der Waals surface area contributed by atoms with E-state index in [1.807, 2.05) is 42.5 Å². The van der Waals surface area contributed by atoms with Crippen molar-refractivity contribution >= 4 is 17.5 Å². The lowest BCUT2D eigenvalue weighted by molar-refractivity contribution is -0.169. The van der Waals surface area contributed by atoms with Crippen LogP contribution in [0.25, 0.3) is 22.5 Å². The van der Waals surface area contributed by atoms with Gasteiger partial charge in [-0.05, 0) is 24.3 Å². The average molecular weight is 436 g/mol. The van der Waals surface area contributed by atoms with Gasteiger partial charge < -0.3 is 19.1 Å². The zero-order chi connectivity index (χ0) is 20.8. The van der Waals surface area contributed by atoms with Crippen LogP contribution in [0.1, 0.15) is 18.4 Å². The van der Waals surface area contributed by atoms with E-state index in [0.717, 1.165) is 65.7 Å². The number of hydrogen-bond acceptors (Lipinski definition) is 6. The van der Waals surface area contributed by atoms with Gasteiger partial charge in [0.15, 0.2) is 5.79 Å². The van der Waals surface area contributed by atoms with Crippen LogP contribution in [0.2, 0.25) is 5.02 Å². The lowest BCUT2D eigenvalue weighted by Gasteiger charge is -2.38. The highest BCUT2D eigenvalue weighted by molar-refractivity contribution is 6.30. The van der Waals surface area contributed by atoms with Crippen LogP contribution in [-0.4, -0.2) is 42.1 Å². The van der Waals surface area contributed by atoms with E-state index < -0.39 is 5.79 Å². The van der Waals surface area contributed by atoms with Crippen LogP contribution in [0, 0.1) is 0 Å². The third-order valence-electron chi connectivity index (χ3n) is 6.23. The molecule has 2 aromatic carbocycles. The minimum atomic E-state index is -0.430. The number of benzene rings is 2. The number of fused-ring (bicyclic) bond motifs is 3. The van der Waals surface area contributed by atoms with Crippen LogP contribution in [-0.2, 0) is 16.1 Å². The Morgan fingerprint density at radius 1 is 0.903 bits per heavy atom. The number of ether oxygens (including phenoxy) is 3. The molecule has 6 rings (SSSR count). The van der Waals surface area contributed by atoms with Crippen molar-refractivity contribution in [2.75, 3.05) is 31.2 Å². The normalized spacial score (nSPS) is 19.1. The molecule has 0 radical (unpaired) electrons. The van der Waals surface area contributed by atoms with E-state index in [-0.39, 0.29) is 0 Å². The number of hydrogen-bond donors (Lipinski definition) is 0. The molecule has 0 unspecified atom stereocenters. The molecule has 1 aromatic heterocycles. The van der Waals surface area contributed by atoms with E-state index in [9.17, 15) is 0 Å². The van der Waals surface area contributed by atoms with E-state index >= 15 is 0 Å². The molecule has 3 aliphatic heterocycles. The Labute approximate surface area is 185 Å². The van der Waals surface area contributed by atoms with E-state index in [1.54, 1.807) is 0 Å². The summed E-state index contributed by atoms with van der Waals surface area (Å²) < 4.78 is 17.8. The van der Waals surface area contributed by atoms with E-state index in [4.69, 9.17) is 35.8 Å². The summed E-state index contributed by atoms with van der Waals surface area (Å²) in [4.78, 5) is 12.3. The molecule has 0 aliphatic carbocycles. The maximum Gasteiger partial charge on any atom is 0.226 e. The molecule has 3 aliphatic rings. The third-order valence-corrected chi connectivity index (χ3v) is 6.46. The van der Waals surface area contributed by atoms with Crippen molar-refractivity contribution in [2.24, 2.45) is 0 Å². The second kappa shape index (κ2) is 7.48. The Bertz CT molecular complexity index is 1140. The second-order valence-corrected chi connectivity index (χ2v) is 8.53. The Morgan fingerprint density at radius 3 is 2.48 bits per heavy atom. The molecule has 0 atom stereocenters. The third kappa shape index (κ3) is 3.35. The molecular weight excluding hydrogens is 414 g/mol. The predicted octanol–water partition coefficient (Wildman–Crippen LogP) is 4.70. The topological polar surface area (TPSA) is 56.7 Å². The summed E-state index contributed by atoms with van der Waals surface area (Å²) >= 11 is 6.30. The minimum absolute atomic E-state index is 0.430. The maximum absolute atomic E-state index is 6.30. The fraction of sp³-hybridized carbons (Fsp3) is 0.333. The zero-order valence-corrected chi connectivity index (χ0v) is 17.8. The Hall–Kier alpha value is -2.67. The van der Waals surface area contributed by atoms with Crippen molar-refractivity contribution in [1.82, 2.24) is 9.97 Å². The number of para-hydroxylation sites is 1. The van der Waals surface area contributed by atoms with Gasteiger partial charge in [-0.1, -0.05) is 35.9 Å². The molecule has 7 heteroatoms. The van der Waals surface area contributed by atoms with Gasteiger partial charge in [-0.2, -0.15) is 0 Å². The van der Waals surface area contributed by atoms with Gasteiger partial charge in [0.25, 0.3) is 0 Å². The first kappa shape index (κ1) is 19.0. The summed E-state index contributed by atoms with van der Waals surface area (Å²) in [6.45, 7) is 3.34. The van der Waals surface area contributed by atoms with Crippen molar-refractivity contribution in [3.63, 3.8) is 0 Å². The van der Waals surface area contributed by atoms with Gasteiger partial charge in [0, 0.05) is 47.6 Å². The first-order valence-electron chi connectivity index (χ1n) is 10.6. The predicted molar refractivity (Wildman–Crippen MR) is 118 cm³/mol. The molecule has 3 aromatic rings. The molecular formula is C24H22ClN3O3. The summed E-state index contributed by atoms with van der Waals surface area (Å²) in [5, 5.41) is 0.680. The molecule has 31 heavy (non-hydrogen) atoms. The highest BCUT2D eigenvalue weighted by Gasteiger charge is 2.40. The van der Waals surface area contributed by atoms with Crippen molar-refractivity contribution in [2.45, 2.75) is 25.2 Å². The summed E-state index contributed by atoms with van der Waals surface area (Å²) in [5.74, 6) is 1.14. The standard InChI is InChI=1S/C24H22ClN3O3/c25-17-5-3-4-16(14-17)21-19-15-29-20-7-2-1-6-18(20)22(19)27-23(26-21)28-10-8-24(9-11-28)30-12-13-31-24/h1-7,14H,8-13,15H2. The summed E-state index contributed by atoms with van der Waals surface area (Å²) in [7, 11) is 0. The number of rotatable bonds is 2. The Balaban J connectivity index is 1.45. The number of piperidine rings is 1. The first-order chi connectivity index (χ1) is 15.2. The summed E-state index contributed by atoms with van der Waals surface area (Å²) in [6.07, 6.45) is 1.61. The van der Waals surface area contributed by atoms with Gasteiger partial charge >= 0.3 is 0 Å². The van der Waals surface area contributed by atoms with Crippen molar-refractivity contribution in [3.05, 3.63) is 59.1 Å². The minimum Gasteiger partial charge on any atom is -0.488 e. The smallest absolute Gasteiger partial charge is 0.226 e. The van der Waals surface area contributed by atoms with Crippen LogP contribution in [0.4, 0.5) is 5.95 Å². The molecule has 6 nitrogen and oxygen atoms in total. The molecule has 1 spiro atoms. The van der Waals surface area contributed by atoms with Gasteiger partial charge in [0.2, 0.25) is 5.95 Å². The fourth-order valence-corrected chi connectivity index (χ4v) is 4.81. The second-order valence-electron chi connectivity index (χ2n) is 8.09. The SMILES string of the molecule is Clc1cccc(-c2nc(N3CCC4(CC3)OCCO4)nc3c2COc2ccccc2-3)c1. The van der Waals surface area contributed by atoms with Crippen LogP contribution in [0.15, 0.2) is 48.5 Å². The lowest BCUT2D eigenvalue weighted by Crippen LogP contribution is -2.45. The molecule has 158 valence electrons. The van der Waals surface area contributed by atoms with Gasteiger partial charge in [-0.15, -0.1) is 0 Å². The van der Waals surface area contributed by atoms with Crippen molar-refractivity contribution < 1.29 is 14.2 Å². The zero-order valence-electron chi connectivity index (χ0n) is 17.0. The molecule has 0 amide bonds. The molecule has 2 saturated heterocycles. The number of nitrogens with zero attached hydrogens (tertiary/aromatic N) is 3. The highest BCUT2D eigenvalue weighted by Crippen LogP contribution is 2.41. The maximum atomic E-state index is 6.30. The van der Waals surface area contributed by atoms with Crippen LogP contribution in [0.5, 0.6) is 5.75 Å². The molecule has 0 saturated carbocycles. The molecule has 4 heterocycles. The number of aromatic nitrogens is 2. The quantitative estimate of drug-likeness (QED) is 0.581. The van der Waals surface area contributed by atoms with Gasteiger partial charge in [0.05, 0.1) is 24.6 Å². The molecule has 0 N–H and O–H groups in total. The van der Waals surface area contributed by atoms with Crippen LogP contribution in [0.3, 0.4) is 0 Å². The van der Waals surface area contributed by atoms with Crippen molar-refractivity contribution in [3.8, 4) is 28.3 Å². The lowest BCUT2D eigenvalue weighted by atomic mass is 9.98. The van der Waals surface area contributed by atoms with Crippen LogP contribution < -0.4 is 9.64 Å². The summed E-state index contributed by atoms with van der Waals surface area (Å²) in [6, 6.07) is 15.8. The van der Waals surface area contributed by atoms with E-state index in [2.05, 4.69) is 11.0 Å². The largest absolute Gasteiger partial charge is 0.488 e. The van der Waals surface area contributed by atoms with Gasteiger partial charge in [-0.25, -0.2) is 9.97 Å². The summed E-state index contributed by atoms with van der Waals surface area (Å²) in [5.41, 5.74) is 4.74. The average Bonchev–Trinajstić information content (AvgIpc) is 3.26. The molecule has 2 fully saturated rings. The highest BCUT2D eigenvalue weighted by atomic mass is 35.5. The fourth-order valence-electron chi connectivity index (χ4n) is 4.62. The Kier molecular flexibility index (Phi) is 4.60. The Morgan fingerprint density at radius 2 is 1.68 bits per heavy atom. The van der Waals surface area contributed by atoms with E-state index in [0.29, 0.717) is 24.8 Å². The number of anilines is 1. The van der Waals surface area contributed by atoms with Crippen molar-refractivity contribution in [1.29, 1.82) is 0 Å². The van der Waals surface area contributed by atoms with E-state index in [1.165, 1.54) is 0 Å². The van der Waals surface area contributed by atoms with Crippen LogP contribution >= 0.6 is 11.6 Å².